The number of carbonyl (C=O) groups excluding carboxylic acids is 1. The minimum atomic E-state index is -0.571. The molecule has 0 aromatic heterocycles. The molecular formula is C22H29NO2. The number of ether oxygens (including phenoxy) is 1. The van der Waals surface area contributed by atoms with Crippen molar-refractivity contribution in [2.45, 2.75) is 38.5 Å². The number of hydrogen-bond acceptors (Lipinski definition) is 3. The first-order valence-electron chi connectivity index (χ1n) is 9.06. The van der Waals surface area contributed by atoms with E-state index in [0.717, 1.165) is 38.5 Å². The molecule has 3 nitrogen and oxygen atoms in total. The van der Waals surface area contributed by atoms with Crippen molar-refractivity contribution >= 4 is 5.97 Å². The molecule has 0 aliphatic heterocycles. The maximum absolute atomic E-state index is 12.4. The van der Waals surface area contributed by atoms with E-state index in [1.807, 2.05) is 36.4 Å². The summed E-state index contributed by atoms with van der Waals surface area (Å²) in [4.78, 5) is 12.4. The number of esters is 1. The van der Waals surface area contributed by atoms with Crippen molar-refractivity contribution in [2.75, 3.05) is 13.7 Å². The van der Waals surface area contributed by atoms with E-state index in [0.29, 0.717) is 6.54 Å². The average molecular weight is 339 g/mol. The first-order valence-corrected chi connectivity index (χ1v) is 9.06. The summed E-state index contributed by atoms with van der Waals surface area (Å²) in [5.74, 6) is -0.170. The zero-order valence-electron chi connectivity index (χ0n) is 15.1. The summed E-state index contributed by atoms with van der Waals surface area (Å²) in [7, 11) is 1.46. The van der Waals surface area contributed by atoms with Gasteiger partial charge in [-0.2, -0.15) is 0 Å². The number of carbonyl (C=O) groups is 1. The van der Waals surface area contributed by atoms with Crippen LogP contribution < -0.4 is 5.73 Å². The van der Waals surface area contributed by atoms with Gasteiger partial charge >= 0.3 is 5.97 Å². The lowest BCUT2D eigenvalue weighted by Crippen LogP contribution is -2.40. The van der Waals surface area contributed by atoms with Crippen molar-refractivity contribution in [3.05, 3.63) is 71.8 Å². The molecule has 0 aliphatic carbocycles. The number of nitrogens with two attached hydrogens (primary N) is 1. The van der Waals surface area contributed by atoms with E-state index < -0.39 is 5.41 Å². The van der Waals surface area contributed by atoms with Gasteiger partial charge in [0.05, 0.1) is 12.5 Å². The highest BCUT2D eigenvalue weighted by molar-refractivity contribution is 5.77. The van der Waals surface area contributed by atoms with Crippen LogP contribution in [0.1, 0.15) is 36.8 Å². The summed E-state index contributed by atoms with van der Waals surface area (Å²) >= 11 is 0. The number of rotatable bonds is 10. The summed E-state index contributed by atoms with van der Waals surface area (Å²) in [6.07, 6.45) is 5.31. The second-order valence-corrected chi connectivity index (χ2v) is 6.65. The number of hydrogen-bond donors (Lipinski definition) is 1. The van der Waals surface area contributed by atoms with Crippen molar-refractivity contribution in [1.29, 1.82) is 0 Å². The van der Waals surface area contributed by atoms with Crippen molar-refractivity contribution in [1.82, 2.24) is 0 Å². The molecule has 2 aromatic rings. The van der Waals surface area contributed by atoms with Gasteiger partial charge in [-0.25, -0.2) is 0 Å². The maximum Gasteiger partial charge on any atom is 0.313 e. The van der Waals surface area contributed by atoms with Crippen LogP contribution in [-0.4, -0.2) is 19.6 Å². The molecule has 0 amide bonds. The molecule has 2 aromatic carbocycles. The normalized spacial score (nSPS) is 11.3. The molecule has 0 unspecified atom stereocenters. The summed E-state index contributed by atoms with van der Waals surface area (Å²) < 4.78 is 5.09. The van der Waals surface area contributed by atoms with Gasteiger partial charge in [0.1, 0.15) is 0 Å². The molecule has 0 aliphatic rings. The third kappa shape index (κ3) is 5.71. The Labute approximate surface area is 151 Å². The minimum absolute atomic E-state index is 0.170. The Balaban J connectivity index is 1.94. The lowest BCUT2D eigenvalue weighted by Gasteiger charge is -2.29. The third-order valence-electron chi connectivity index (χ3n) is 4.94. The molecule has 0 bridgehead atoms. The van der Waals surface area contributed by atoms with Crippen LogP contribution in [0.15, 0.2) is 60.7 Å². The van der Waals surface area contributed by atoms with Gasteiger partial charge in [0.2, 0.25) is 0 Å². The molecule has 0 saturated carbocycles. The molecule has 25 heavy (non-hydrogen) atoms. The predicted octanol–water partition coefficient (Wildman–Crippen LogP) is 4.15. The minimum Gasteiger partial charge on any atom is -0.469 e. The third-order valence-corrected chi connectivity index (χ3v) is 4.94. The van der Waals surface area contributed by atoms with Gasteiger partial charge < -0.3 is 10.5 Å². The quantitative estimate of drug-likeness (QED) is 0.662. The summed E-state index contributed by atoms with van der Waals surface area (Å²) in [6, 6.07) is 20.7. The van der Waals surface area contributed by atoms with E-state index in [-0.39, 0.29) is 5.97 Å². The number of methoxy groups -OCH3 is 1. The van der Waals surface area contributed by atoms with Crippen molar-refractivity contribution in [3.63, 3.8) is 0 Å². The van der Waals surface area contributed by atoms with Crippen molar-refractivity contribution in [2.24, 2.45) is 11.1 Å². The lowest BCUT2D eigenvalue weighted by atomic mass is 9.77. The zero-order chi connectivity index (χ0) is 18.0. The Morgan fingerprint density at radius 2 is 1.32 bits per heavy atom. The molecule has 0 heterocycles. The molecule has 3 heteroatoms. The summed E-state index contributed by atoms with van der Waals surface area (Å²) in [5, 5.41) is 0. The molecule has 0 fully saturated rings. The Bertz CT molecular complexity index is 579. The fourth-order valence-electron chi connectivity index (χ4n) is 3.38. The number of benzene rings is 2. The Morgan fingerprint density at radius 3 is 1.68 bits per heavy atom. The average Bonchev–Trinajstić information content (AvgIpc) is 2.68. The molecule has 0 radical (unpaired) electrons. The highest BCUT2D eigenvalue weighted by Gasteiger charge is 2.37. The molecule has 0 saturated heterocycles. The van der Waals surface area contributed by atoms with Gasteiger partial charge in [-0.05, 0) is 49.7 Å². The van der Waals surface area contributed by atoms with Gasteiger partial charge in [-0.1, -0.05) is 60.7 Å². The lowest BCUT2D eigenvalue weighted by molar-refractivity contribution is -0.153. The largest absolute Gasteiger partial charge is 0.469 e. The molecule has 0 spiro atoms. The maximum atomic E-state index is 12.4. The Kier molecular flexibility index (Phi) is 7.68. The van der Waals surface area contributed by atoms with Gasteiger partial charge in [0, 0.05) is 6.54 Å². The van der Waals surface area contributed by atoms with Crippen LogP contribution in [0.25, 0.3) is 0 Å². The first-order chi connectivity index (χ1) is 12.2. The van der Waals surface area contributed by atoms with Crippen LogP contribution in [-0.2, 0) is 22.4 Å². The fraction of sp³-hybridized carbons (Fsp3) is 0.409. The zero-order valence-corrected chi connectivity index (χ0v) is 15.1. The van der Waals surface area contributed by atoms with E-state index in [1.165, 1.54) is 18.2 Å². The van der Waals surface area contributed by atoms with Crippen LogP contribution in [0.5, 0.6) is 0 Å². The Morgan fingerprint density at radius 1 is 0.880 bits per heavy atom. The van der Waals surface area contributed by atoms with Crippen LogP contribution >= 0.6 is 0 Å². The topological polar surface area (TPSA) is 52.3 Å². The van der Waals surface area contributed by atoms with Gasteiger partial charge in [0.25, 0.3) is 0 Å². The van der Waals surface area contributed by atoms with Gasteiger partial charge in [-0.3, -0.25) is 4.79 Å². The van der Waals surface area contributed by atoms with Crippen LogP contribution in [0, 0.1) is 5.41 Å². The second kappa shape index (κ2) is 10.00. The van der Waals surface area contributed by atoms with E-state index in [4.69, 9.17) is 10.5 Å². The second-order valence-electron chi connectivity index (χ2n) is 6.65. The first kappa shape index (κ1) is 19.2. The predicted molar refractivity (Wildman–Crippen MR) is 102 cm³/mol. The van der Waals surface area contributed by atoms with E-state index >= 15 is 0 Å². The van der Waals surface area contributed by atoms with Gasteiger partial charge in [0.15, 0.2) is 0 Å². The fourth-order valence-corrected chi connectivity index (χ4v) is 3.38. The highest BCUT2D eigenvalue weighted by Crippen LogP contribution is 2.32. The van der Waals surface area contributed by atoms with Crippen molar-refractivity contribution in [3.8, 4) is 0 Å². The highest BCUT2D eigenvalue weighted by atomic mass is 16.5. The van der Waals surface area contributed by atoms with E-state index in [2.05, 4.69) is 24.3 Å². The molecule has 134 valence electrons. The monoisotopic (exact) mass is 339 g/mol. The van der Waals surface area contributed by atoms with Crippen molar-refractivity contribution < 1.29 is 9.53 Å². The standard InChI is InChI=1S/C22H29NO2/c1-25-21(24)22(18-23,16-8-14-19-10-4-2-5-11-19)17-9-15-20-12-6-3-7-13-20/h2-7,10-13H,8-9,14-18,23H2,1H3. The van der Waals surface area contributed by atoms with E-state index in [9.17, 15) is 4.79 Å². The molecule has 2 rings (SSSR count). The smallest absolute Gasteiger partial charge is 0.313 e. The SMILES string of the molecule is COC(=O)C(CN)(CCCc1ccccc1)CCCc1ccccc1. The molecular weight excluding hydrogens is 310 g/mol. The van der Waals surface area contributed by atoms with Gasteiger partial charge in [-0.15, -0.1) is 0 Å². The molecule has 2 N–H and O–H groups in total. The van der Waals surface area contributed by atoms with Crippen LogP contribution in [0.2, 0.25) is 0 Å². The Hall–Kier alpha value is -2.13. The summed E-state index contributed by atoms with van der Waals surface area (Å²) in [6.45, 7) is 0.337. The molecule has 0 atom stereocenters. The summed E-state index contributed by atoms with van der Waals surface area (Å²) in [5.41, 5.74) is 8.06. The number of aryl methyl sites for hydroxylation is 2. The van der Waals surface area contributed by atoms with Crippen LogP contribution in [0.4, 0.5) is 0 Å². The van der Waals surface area contributed by atoms with E-state index in [1.54, 1.807) is 0 Å². The van der Waals surface area contributed by atoms with Crippen LogP contribution in [0.3, 0.4) is 0 Å².